The van der Waals surface area contributed by atoms with Crippen LogP contribution >= 0.6 is 0 Å². The zero-order chi connectivity index (χ0) is 11.5. The molecule has 90 valence electrons. The number of carbonyl (C=O) groups excluding carboxylic acids is 1. The van der Waals surface area contributed by atoms with Crippen LogP contribution in [0, 0.1) is 0 Å². The molecule has 17 heavy (non-hydrogen) atoms. The molecule has 0 fully saturated rings. The smallest absolute Gasteiger partial charge is 0.338 e. The summed E-state index contributed by atoms with van der Waals surface area (Å²) in [5.74, 6) is -0.268. The highest BCUT2D eigenvalue weighted by Gasteiger charge is 2.10. The van der Waals surface area contributed by atoms with Crippen LogP contribution in [-0.2, 0) is 11.8 Å². The Morgan fingerprint density at radius 3 is 2.82 bits per heavy atom. The largest absolute Gasteiger partial charge is 1.00 e. The van der Waals surface area contributed by atoms with Gasteiger partial charge in [-0.3, -0.25) is 0 Å². The molecular weight excluding hydrogens is 329 g/mol. The molecule has 2 rings (SSSR count). The molecule has 4 heteroatoms. The van der Waals surface area contributed by atoms with Crippen molar-refractivity contribution < 1.29 is 38.1 Å². The van der Waals surface area contributed by atoms with E-state index in [1.807, 2.05) is 42.1 Å². The van der Waals surface area contributed by atoms with Gasteiger partial charge < -0.3 is 28.7 Å². The Morgan fingerprint density at radius 2 is 2.12 bits per heavy atom. The van der Waals surface area contributed by atoms with Crippen molar-refractivity contribution >= 4 is 16.9 Å². The lowest BCUT2D eigenvalue weighted by Crippen LogP contribution is -3.00. The third-order valence-corrected chi connectivity index (χ3v) is 2.50. The van der Waals surface area contributed by atoms with E-state index in [9.17, 15) is 4.79 Å². The van der Waals surface area contributed by atoms with Gasteiger partial charge in [0.2, 0.25) is 5.52 Å². The van der Waals surface area contributed by atoms with Crippen LogP contribution in [0.15, 0.2) is 36.5 Å². The Hall–Kier alpha value is -1.17. The van der Waals surface area contributed by atoms with Crippen molar-refractivity contribution in [1.29, 1.82) is 0 Å². The Bertz CT molecular complexity index is 540. The van der Waals surface area contributed by atoms with Crippen LogP contribution in [0.25, 0.3) is 10.9 Å². The van der Waals surface area contributed by atoms with Gasteiger partial charge in [0.05, 0.1) is 12.2 Å². The molecule has 0 saturated heterocycles. The number of carbonyl (C=O) groups is 1. The zero-order valence-corrected chi connectivity index (χ0v) is 12.0. The molecule has 1 heterocycles. The molecule has 0 unspecified atom stereocenters. The van der Waals surface area contributed by atoms with E-state index >= 15 is 0 Å². The number of pyridine rings is 1. The predicted molar refractivity (Wildman–Crippen MR) is 61.1 cm³/mol. The van der Waals surface area contributed by atoms with Crippen molar-refractivity contribution in [2.45, 2.75) is 6.92 Å². The van der Waals surface area contributed by atoms with Gasteiger partial charge >= 0.3 is 5.97 Å². The van der Waals surface area contributed by atoms with E-state index in [4.69, 9.17) is 4.74 Å². The number of hydrogen-bond donors (Lipinski definition) is 0. The van der Waals surface area contributed by atoms with Crippen LogP contribution in [-0.4, -0.2) is 12.6 Å². The quantitative estimate of drug-likeness (QED) is 0.392. The maximum atomic E-state index is 11.5. The van der Waals surface area contributed by atoms with Crippen molar-refractivity contribution in [2.75, 3.05) is 6.61 Å². The maximum Gasteiger partial charge on any atom is 0.338 e. The highest BCUT2D eigenvalue weighted by Crippen LogP contribution is 2.12. The number of aryl methyl sites for hydroxylation is 1. The number of fused-ring (bicyclic) bond motifs is 1. The molecule has 0 aliphatic heterocycles. The molecule has 2 aromatic rings. The number of nitrogens with zero attached hydrogens (tertiary/aromatic N) is 1. The summed E-state index contributed by atoms with van der Waals surface area (Å²) in [5.41, 5.74) is 1.69. The first-order chi connectivity index (χ1) is 7.72. The molecule has 0 aliphatic rings. The van der Waals surface area contributed by atoms with Gasteiger partial charge in [0.1, 0.15) is 7.05 Å². The van der Waals surface area contributed by atoms with E-state index in [-0.39, 0.29) is 29.9 Å². The van der Waals surface area contributed by atoms with Crippen LogP contribution in [0.1, 0.15) is 17.3 Å². The lowest BCUT2D eigenvalue weighted by Gasteiger charge is -2.02. The van der Waals surface area contributed by atoms with E-state index < -0.39 is 0 Å². The molecule has 1 aromatic heterocycles. The molecule has 0 spiro atoms. The Labute approximate surface area is 117 Å². The van der Waals surface area contributed by atoms with Gasteiger partial charge in [0.15, 0.2) is 6.20 Å². The third kappa shape index (κ3) is 2.94. The van der Waals surface area contributed by atoms with Crippen molar-refractivity contribution in [3.05, 3.63) is 42.1 Å². The summed E-state index contributed by atoms with van der Waals surface area (Å²) in [4.78, 5) is 11.5. The van der Waals surface area contributed by atoms with Gasteiger partial charge in [-0.15, -0.1) is 0 Å². The second-order valence-electron chi connectivity index (χ2n) is 3.61. The summed E-state index contributed by atoms with van der Waals surface area (Å²) >= 11 is 0. The van der Waals surface area contributed by atoms with E-state index in [1.54, 1.807) is 13.0 Å². The topological polar surface area (TPSA) is 30.2 Å². The van der Waals surface area contributed by atoms with Gasteiger partial charge in [-0.2, -0.15) is 0 Å². The average Bonchev–Trinajstić information content (AvgIpc) is 2.29. The molecule has 1 aromatic carbocycles. The fourth-order valence-corrected chi connectivity index (χ4v) is 1.71. The molecule has 0 N–H and O–H groups in total. The number of hydrogen-bond acceptors (Lipinski definition) is 2. The highest BCUT2D eigenvalue weighted by atomic mass is 127. The molecule has 3 nitrogen and oxygen atoms in total. The first-order valence-corrected chi connectivity index (χ1v) is 5.28. The first-order valence-electron chi connectivity index (χ1n) is 5.28. The van der Waals surface area contributed by atoms with E-state index in [2.05, 4.69) is 0 Å². The molecule has 0 aliphatic carbocycles. The maximum absolute atomic E-state index is 11.5. The minimum atomic E-state index is -0.268. The summed E-state index contributed by atoms with van der Waals surface area (Å²) in [6.45, 7) is 2.21. The van der Waals surface area contributed by atoms with E-state index in [0.717, 1.165) is 10.9 Å². The van der Waals surface area contributed by atoms with Crippen molar-refractivity contribution in [2.24, 2.45) is 7.05 Å². The van der Waals surface area contributed by atoms with Crippen LogP contribution < -0.4 is 28.5 Å². The molecular formula is C13H14INO2. The van der Waals surface area contributed by atoms with Gasteiger partial charge in [-0.05, 0) is 25.1 Å². The zero-order valence-electron chi connectivity index (χ0n) is 9.81. The first kappa shape index (κ1) is 13.9. The summed E-state index contributed by atoms with van der Waals surface area (Å²) < 4.78 is 6.98. The third-order valence-electron chi connectivity index (χ3n) is 2.50. The number of halogens is 1. The summed E-state index contributed by atoms with van der Waals surface area (Å²) in [6.07, 6.45) is 1.98. The van der Waals surface area contributed by atoms with Crippen molar-refractivity contribution in [3.8, 4) is 0 Å². The second-order valence-corrected chi connectivity index (χ2v) is 3.61. The minimum absolute atomic E-state index is 0. The molecule has 0 saturated carbocycles. The lowest BCUT2D eigenvalue weighted by molar-refractivity contribution is -0.644. The van der Waals surface area contributed by atoms with Gasteiger partial charge in [-0.1, -0.05) is 0 Å². The molecule has 0 amide bonds. The lowest BCUT2D eigenvalue weighted by atomic mass is 10.1. The number of rotatable bonds is 2. The summed E-state index contributed by atoms with van der Waals surface area (Å²) in [7, 11) is 1.98. The van der Waals surface area contributed by atoms with E-state index in [0.29, 0.717) is 12.2 Å². The average molecular weight is 343 g/mol. The van der Waals surface area contributed by atoms with Crippen molar-refractivity contribution in [3.63, 3.8) is 0 Å². The van der Waals surface area contributed by atoms with E-state index in [1.165, 1.54) is 0 Å². The molecule has 0 radical (unpaired) electrons. The SMILES string of the molecule is CCOC(=O)c1ccc2c(ccc[n+]2C)c1.[I-]. The molecule has 0 atom stereocenters. The Balaban J connectivity index is 0.00000144. The monoisotopic (exact) mass is 343 g/mol. The fraction of sp³-hybridized carbons (Fsp3) is 0.231. The number of aromatic nitrogens is 1. The highest BCUT2D eigenvalue weighted by molar-refractivity contribution is 5.93. The Kier molecular flexibility index (Phi) is 4.86. The summed E-state index contributed by atoms with van der Waals surface area (Å²) in [6, 6.07) is 9.52. The second kappa shape index (κ2) is 5.95. The summed E-state index contributed by atoms with van der Waals surface area (Å²) in [5, 5.41) is 1.04. The normalized spacial score (nSPS) is 9.76. The predicted octanol–water partition coefficient (Wildman–Crippen LogP) is -1.15. The van der Waals surface area contributed by atoms with Gasteiger partial charge in [-0.25, -0.2) is 9.36 Å². The van der Waals surface area contributed by atoms with Gasteiger partial charge in [0, 0.05) is 17.5 Å². The molecule has 0 bridgehead atoms. The van der Waals surface area contributed by atoms with Crippen LogP contribution in [0.4, 0.5) is 0 Å². The van der Waals surface area contributed by atoms with Crippen LogP contribution in [0.2, 0.25) is 0 Å². The minimum Gasteiger partial charge on any atom is -1.00 e. The Morgan fingerprint density at radius 1 is 1.35 bits per heavy atom. The van der Waals surface area contributed by atoms with Crippen LogP contribution in [0.5, 0.6) is 0 Å². The number of esters is 1. The van der Waals surface area contributed by atoms with Crippen molar-refractivity contribution in [1.82, 2.24) is 0 Å². The number of benzene rings is 1. The number of ether oxygens (including phenoxy) is 1. The standard InChI is InChI=1S/C13H14NO2.HI/c1-3-16-13(15)11-6-7-12-10(9-11)5-4-8-14(12)2;/h4-9H,3H2,1-2H3;1H/q+1;/p-1. The van der Waals surface area contributed by atoms with Crippen LogP contribution in [0.3, 0.4) is 0 Å². The fourth-order valence-electron chi connectivity index (χ4n) is 1.71. The van der Waals surface area contributed by atoms with Gasteiger partial charge in [0.25, 0.3) is 0 Å².